The van der Waals surface area contributed by atoms with Crippen LogP contribution in [0.15, 0.2) is 17.6 Å². The maximum absolute atomic E-state index is 11.7. The van der Waals surface area contributed by atoms with Gasteiger partial charge in [0.2, 0.25) is 5.16 Å². The van der Waals surface area contributed by atoms with Crippen LogP contribution in [-0.2, 0) is 14.8 Å². The summed E-state index contributed by atoms with van der Waals surface area (Å²) in [6.45, 7) is 0.213. The van der Waals surface area contributed by atoms with Crippen molar-refractivity contribution in [1.29, 1.82) is 0 Å². The highest BCUT2D eigenvalue weighted by Crippen LogP contribution is 2.15. The number of nitrogens with zero attached hydrogens (tertiary/aromatic N) is 2. The van der Waals surface area contributed by atoms with Gasteiger partial charge >= 0.3 is 0 Å². The normalized spacial score (nSPS) is 19.0. The number of H-pyrrole nitrogens is 1. The van der Waals surface area contributed by atoms with E-state index in [4.69, 9.17) is 0 Å². The Morgan fingerprint density at radius 1 is 1.50 bits per heavy atom. The monoisotopic (exact) mass is 215 g/mol. The van der Waals surface area contributed by atoms with Gasteiger partial charge < -0.3 is 4.98 Å². The van der Waals surface area contributed by atoms with E-state index in [0.29, 0.717) is 6.42 Å². The number of Topliss-reactive ketones (excluding diaryl/α,β-unsaturated/α-hetero) is 1. The smallest absolute Gasteiger partial charge is 0.277 e. The number of ketones is 1. The van der Waals surface area contributed by atoms with Crippen molar-refractivity contribution in [2.45, 2.75) is 11.6 Å². The van der Waals surface area contributed by atoms with Gasteiger partial charge in [-0.15, -0.1) is 0 Å². The van der Waals surface area contributed by atoms with Crippen molar-refractivity contribution in [3.8, 4) is 0 Å². The van der Waals surface area contributed by atoms with Crippen LogP contribution in [0.2, 0.25) is 0 Å². The van der Waals surface area contributed by atoms with Crippen molar-refractivity contribution < 1.29 is 13.2 Å². The second-order valence-corrected chi connectivity index (χ2v) is 4.87. The van der Waals surface area contributed by atoms with Crippen LogP contribution in [-0.4, -0.2) is 41.6 Å². The summed E-state index contributed by atoms with van der Waals surface area (Å²) in [7, 11) is -3.58. The standard InChI is InChI=1S/C7H9N3O3S/c11-6-1-4-10(5-6)14(12,13)7-8-2-3-9-7/h2-3H,1,4-5H2,(H,8,9). The minimum Gasteiger partial charge on any atom is -0.334 e. The molecule has 1 aliphatic rings. The molecule has 1 saturated heterocycles. The average molecular weight is 215 g/mol. The molecule has 0 atom stereocenters. The second-order valence-electron chi connectivity index (χ2n) is 3.02. The number of aromatic amines is 1. The Balaban J connectivity index is 2.30. The molecule has 0 spiro atoms. The van der Waals surface area contributed by atoms with Crippen molar-refractivity contribution in [1.82, 2.24) is 14.3 Å². The molecule has 2 heterocycles. The first kappa shape index (κ1) is 9.35. The van der Waals surface area contributed by atoms with E-state index < -0.39 is 10.0 Å². The van der Waals surface area contributed by atoms with E-state index in [0.717, 1.165) is 4.31 Å². The van der Waals surface area contributed by atoms with Crippen LogP contribution in [0, 0.1) is 0 Å². The fraction of sp³-hybridized carbons (Fsp3) is 0.429. The summed E-state index contributed by atoms with van der Waals surface area (Å²) < 4.78 is 24.6. The Labute approximate surface area is 81.0 Å². The van der Waals surface area contributed by atoms with Gasteiger partial charge in [0.1, 0.15) is 5.78 Å². The molecule has 1 aromatic rings. The molecular weight excluding hydrogens is 206 g/mol. The summed E-state index contributed by atoms with van der Waals surface area (Å²) in [5.74, 6) is -0.0554. The highest BCUT2D eigenvalue weighted by atomic mass is 32.2. The van der Waals surface area contributed by atoms with Crippen LogP contribution in [0.4, 0.5) is 0 Å². The first-order valence-electron chi connectivity index (χ1n) is 4.12. The first-order chi connectivity index (χ1) is 6.60. The van der Waals surface area contributed by atoms with Gasteiger partial charge in [-0.3, -0.25) is 4.79 Å². The van der Waals surface area contributed by atoms with Crippen LogP contribution in [0.5, 0.6) is 0 Å². The molecule has 6 nitrogen and oxygen atoms in total. The van der Waals surface area contributed by atoms with Crippen LogP contribution in [0.25, 0.3) is 0 Å². The summed E-state index contributed by atoms with van der Waals surface area (Å²) >= 11 is 0. The van der Waals surface area contributed by atoms with Gasteiger partial charge in [-0.25, -0.2) is 13.4 Å². The summed E-state index contributed by atoms with van der Waals surface area (Å²) in [5.41, 5.74) is 0. The Kier molecular flexibility index (Phi) is 2.12. The third-order valence-corrected chi connectivity index (χ3v) is 3.75. The molecule has 1 aliphatic heterocycles. The molecule has 0 aliphatic carbocycles. The lowest BCUT2D eigenvalue weighted by atomic mass is 10.4. The lowest BCUT2D eigenvalue weighted by molar-refractivity contribution is -0.116. The minimum atomic E-state index is -3.58. The van der Waals surface area contributed by atoms with Crippen LogP contribution >= 0.6 is 0 Å². The van der Waals surface area contributed by atoms with E-state index in [9.17, 15) is 13.2 Å². The van der Waals surface area contributed by atoms with E-state index in [-0.39, 0.29) is 24.0 Å². The van der Waals surface area contributed by atoms with E-state index in [1.165, 1.54) is 12.4 Å². The number of carbonyl (C=O) groups excluding carboxylic acids is 1. The second kappa shape index (κ2) is 3.18. The van der Waals surface area contributed by atoms with Gasteiger partial charge in [0.15, 0.2) is 0 Å². The van der Waals surface area contributed by atoms with E-state index >= 15 is 0 Å². The molecule has 0 aromatic carbocycles. The number of hydrogen-bond donors (Lipinski definition) is 1. The number of nitrogens with one attached hydrogen (secondary N) is 1. The maximum Gasteiger partial charge on any atom is 0.277 e. The number of rotatable bonds is 2. The average Bonchev–Trinajstić information content (AvgIpc) is 2.72. The first-order valence-corrected chi connectivity index (χ1v) is 5.56. The van der Waals surface area contributed by atoms with Crippen molar-refractivity contribution in [3.63, 3.8) is 0 Å². The lowest BCUT2D eigenvalue weighted by Gasteiger charge is -2.11. The van der Waals surface area contributed by atoms with Crippen molar-refractivity contribution in [2.75, 3.05) is 13.1 Å². The third-order valence-electron chi connectivity index (χ3n) is 2.05. The number of sulfonamides is 1. The number of hydrogen-bond acceptors (Lipinski definition) is 4. The summed E-state index contributed by atoms with van der Waals surface area (Å²) in [5, 5.41) is -0.104. The molecule has 1 aromatic heterocycles. The molecule has 14 heavy (non-hydrogen) atoms. The lowest BCUT2D eigenvalue weighted by Crippen LogP contribution is -2.29. The largest absolute Gasteiger partial charge is 0.334 e. The van der Waals surface area contributed by atoms with Gasteiger partial charge in [-0.1, -0.05) is 0 Å². The van der Waals surface area contributed by atoms with Crippen LogP contribution in [0.1, 0.15) is 6.42 Å². The van der Waals surface area contributed by atoms with Crippen LogP contribution < -0.4 is 0 Å². The predicted octanol–water partition coefficient (Wildman–Crippen LogP) is -0.627. The van der Waals surface area contributed by atoms with Gasteiger partial charge in [0, 0.05) is 25.4 Å². The molecule has 1 N–H and O–H groups in total. The predicted molar refractivity (Wildman–Crippen MR) is 47.0 cm³/mol. The summed E-state index contributed by atoms with van der Waals surface area (Å²) in [4.78, 5) is 17.1. The molecule has 0 radical (unpaired) electrons. The van der Waals surface area contributed by atoms with Gasteiger partial charge in [0.05, 0.1) is 6.54 Å². The van der Waals surface area contributed by atoms with Gasteiger partial charge in [-0.2, -0.15) is 4.31 Å². The zero-order valence-electron chi connectivity index (χ0n) is 7.30. The number of aromatic nitrogens is 2. The van der Waals surface area contributed by atoms with Gasteiger partial charge in [0.25, 0.3) is 10.0 Å². The molecule has 0 bridgehead atoms. The molecule has 0 saturated carbocycles. The fourth-order valence-electron chi connectivity index (χ4n) is 1.32. The maximum atomic E-state index is 11.7. The Morgan fingerprint density at radius 2 is 2.29 bits per heavy atom. The van der Waals surface area contributed by atoms with Crippen molar-refractivity contribution in [3.05, 3.63) is 12.4 Å². The van der Waals surface area contributed by atoms with E-state index in [2.05, 4.69) is 9.97 Å². The molecule has 2 rings (SSSR count). The molecular formula is C7H9N3O3S. The van der Waals surface area contributed by atoms with E-state index in [1.807, 2.05) is 0 Å². The van der Waals surface area contributed by atoms with Crippen molar-refractivity contribution >= 4 is 15.8 Å². The number of imidazole rings is 1. The Bertz CT molecular complexity index is 437. The summed E-state index contributed by atoms with van der Waals surface area (Å²) in [6.07, 6.45) is 3.09. The van der Waals surface area contributed by atoms with Crippen LogP contribution in [0.3, 0.4) is 0 Å². The zero-order valence-corrected chi connectivity index (χ0v) is 8.12. The quantitative estimate of drug-likeness (QED) is 0.712. The Morgan fingerprint density at radius 3 is 2.79 bits per heavy atom. The highest BCUT2D eigenvalue weighted by Gasteiger charge is 2.32. The Hall–Kier alpha value is -1.21. The topological polar surface area (TPSA) is 83.1 Å². The SMILES string of the molecule is O=C1CCN(S(=O)(=O)c2ncc[nH]2)C1. The van der Waals surface area contributed by atoms with E-state index in [1.54, 1.807) is 0 Å². The molecule has 1 fully saturated rings. The summed E-state index contributed by atoms with van der Waals surface area (Å²) in [6, 6.07) is 0. The fourth-order valence-corrected chi connectivity index (χ4v) is 2.62. The highest BCUT2D eigenvalue weighted by molar-refractivity contribution is 7.89. The molecule has 76 valence electrons. The molecule has 7 heteroatoms. The molecule has 0 unspecified atom stereocenters. The van der Waals surface area contributed by atoms with Crippen molar-refractivity contribution in [2.24, 2.45) is 0 Å². The number of carbonyl (C=O) groups is 1. The minimum absolute atomic E-state index is 0.0387. The van der Waals surface area contributed by atoms with Gasteiger partial charge in [-0.05, 0) is 0 Å². The molecule has 0 amide bonds. The third kappa shape index (κ3) is 1.44. The zero-order chi connectivity index (χ0) is 10.2.